The summed E-state index contributed by atoms with van der Waals surface area (Å²) in [4.78, 5) is 23.9. The maximum Gasteiger partial charge on any atom is 0.315 e. The van der Waals surface area contributed by atoms with Crippen LogP contribution < -0.4 is 16.0 Å². The van der Waals surface area contributed by atoms with E-state index in [0.29, 0.717) is 19.0 Å². The van der Waals surface area contributed by atoms with E-state index >= 15 is 0 Å². The van der Waals surface area contributed by atoms with Crippen LogP contribution in [0.4, 0.5) is 4.79 Å². The molecule has 1 atom stereocenters. The molecule has 0 spiro atoms. The van der Waals surface area contributed by atoms with Gasteiger partial charge in [0.1, 0.15) is 0 Å². The van der Waals surface area contributed by atoms with Crippen LogP contribution in [0.1, 0.15) is 41.4 Å². The molecule has 1 aromatic heterocycles. The third-order valence-corrected chi connectivity index (χ3v) is 4.51. The molecule has 0 aliphatic heterocycles. The lowest BCUT2D eigenvalue weighted by Gasteiger charge is -2.34. The summed E-state index contributed by atoms with van der Waals surface area (Å²) in [6.45, 7) is 0.691. The molecule has 0 saturated heterocycles. The molecule has 3 N–H and O–H groups in total. The highest BCUT2D eigenvalue weighted by molar-refractivity contribution is 5.91. The molecule has 25 heavy (non-hydrogen) atoms. The quantitative estimate of drug-likeness (QED) is 0.677. The second-order valence-corrected chi connectivity index (χ2v) is 6.21. The molecule has 0 bridgehead atoms. The molecule has 1 saturated carbocycles. The van der Waals surface area contributed by atoms with Crippen molar-refractivity contribution in [3.63, 3.8) is 0 Å². The van der Waals surface area contributed by atoms with Gasteiger partial charge in [-0.3, -0.25) is 4.79 Å². The summed E-state index contributed by atoms with van der Waals surface area (Å²) in [5, 5.41) is 8.56. The molecular weight excluding hydrogens is 318 g/mol. The first kappa shape index (κ1) is 17.1. The fraction of sp³-hybridized carbons (Fsp3) is 0.368. The lowest BCUT2D eigenvalue weighted by molar-refractivity contribution is 0.0926. The van der Waals surface area contributed by atoms with Crippen LogP contribution in [-0.4, -0.2) is 25.0 Å². The van der Waals surface area contributed by atoms with E-state index in [-0.39, 0.29) is 23.7 Å². The van der Waals surface area contributed by atoms with Crippen LogP contribution in [0.5, 0.6) is 0 Å². The van der Waals surface area contributed by atoms with E-state index in [9.17, 15) is 9.59 Å². The number of hydrogen-bond donors (Lipinski definition) is 3. The van der Waals surface area contributed by atoms with E-state index in [0.717, 1.165) is 18.4 Å². The number of carbonyl (C=O) groups is 2. The number of furan rings is 1. The minimum Gasteiger partial charge on any atom is -0.459 e. The van der Waals surface area contributed by atoms with Crippen molar-refractivity contribution >= 4 is 11.9 Å². The molecule has 132 valence electrons. The van der Waals surface area contributed by atoms with Crippen molar-refractivity contribution in [3.8, 4) is 0 Å². The average molecular weight is 341 g/mol. The van der Waals surface area contributed by atoms with Crippen molar-refractivity contribution in [3.05, 3.63) is 60.1 Å². The van der Waals surface area contributed by atoms with E-state index in [1.165, 1.54) is 12.7 Å². The molecule has 2 aromatic rings. The molecular formula is C19H23N3O3. The molecule has 1 heterocycles. The van der Waals surface area contributed by atoms with Gasteiger partial charge in [0.15, 0.2) is 5.76 Å². The lowest BCUT2D eigenvalue weighted by atomic mass is 9.77. The number of amides is 3. The molecule has 1 fully saturated rings. The smallest absolute Gasteiger partial charge is 0.315 e. The molecule has 6 nitrogen and oxygen atoms in total. The fourth-order valence-electron chi connectivity index (χ4n) is 2.95. The maximum atomic E-state index is 12.2. The number of urea groups is 1. The zero-order chi connectivity index (χ0) is 17.5. The van der Waals surface area contributed by atoms with Crippen molar-refractivity contribution in [2.75, 3.05) is 13.1 Å². The topological polar surface area (TPSA) is 83.4 Å². The van der Waals surface area contributed by atoms with Gasteiger partial charge in [-0.05, 0) is 36.5 Å². The van der Waals surface area contributed by atoms with Crippen molar-refractivity contribution in [2.24, 2.45) is 5.92 Å². The van der Waals surface area contributed by atoms with Gasteiger partial charge in [0.05, 0.1) is 12.3 Å². The van der Waals surface area contributed by atoms with Gasteiger partial charge in [0.2, 0.25) is 0 Å². The van der Waals surface area contributed by atoms with E-state index < -0.39 is 0 Å². The Morgan fingerprint density at radius 3 is 2.44 bits per heavy atom. The monoisotopic (exact) mass is 341 g/mol. The Morgan fingerprint density at radius 2 is 1.80 bits per heavy atom. The van der Waals surface area contributed by atoms with Crippen LogP contribution in [0.2, 0.25) is 0 Å². The Kier molecular flexibility index (Phi) is 5.72. The molecule has 1 aromatic carbocycles. The predicted molar refractivity (Wildman–Crippen MR) is 94.1 cm³/mol. The molecule has 1 aliphatic carbocycles. The summed E-state index contributed by atoms with van der Waals surface area (Å²) < 4.78 is 5.01. The van der Waals surface area contributed by atoms with Crippen LogP contribution >= 0.6 is 0 Å². The first-order valence-electron chi connectivity index (χ1n) is 8.65. The predicted octanol–water partition coefficient (Wildman–Crippen LogP) is 2.85. The first-order valence-corrected chi connectivity index (χ1v) is 8.65. The van der Waals surface area contributed by atoms with Gasteiger partial charge in [-0.15, -0.1) is 0 Å². The van der Waals surface area contributed by atoms with Crippen LogP contribution in [-0.2, 0) is 0 Å². The SMILES string of the molecule is O=C(NCCNC(=O)c1ccco1)N[C@@H](c1ccccc1)C1CCC1. The van der Waals surface area contributed by atoms with Crippen molar-refractivity contribution < 1.29 is 14.0 Å². The molecule has 3 rings (SSSR count). The number of carbonyl (C=O) groups excluding carboxylic acids is 2. The summed E-state index contributed by atoms with van der Waals surface area (Å²) in [5.74, 6) is 0.467. The Balaban J connectivity index is 1.43. The standard InChI is InChI=1S/C19H23N3O3/c23-18(16-10-5-13-25-16)20-11-12-21-19(24)22-17(15-8-4-9-15)14-6-2-1-3-7-14/h1-3,5-7,10,13,15,17H,4,8-9,11-12H2,(H,20,23)(H2,21,22,24)/t17-/m0/s1. The number of hydrogen-bond acceptors (Lipinski definition) is 3. The van der Waals surface area contributed by atoms with E-state index in [1.54, 1.807) is 12.1 Å². The highest BCUT2D eigenvalue weighted by atomic mass is 16.3. The molecule has 0 unspecified atom stereocenters. The third kappa shape index (κ3) is 4.62. The summed E-state index contributed by atoms with van der Waals surface area (Å²) in [7, 11) is 0. The summed E-state index contributed by atoms with van der Waals surface area (Å²) in [5.41, 5.74) is 1.13. The third-order valence-electron chi connectivity index (χ3n) is 4.51. The Morgan fingerprint density at radius 1 is 1.04 bits per heavy atom. The minimum atomic E-state index is -0.288. The zero-order valence-electron chi connectivity index (χ0n) is 14.0. The summed E-state index contributed by atoms with van der Waals surface area (Å²) in [6.07, 6.45) is 4.94. The highest BCUT2D eigenvalue weighted by Gasteiger charge is 2.29. The molecule has 0 radical (unpaired) electrons. The Bertz CT molecular complexity index is 681. The average Bonchev–Trinajstić information content (AvgIpc) is 3.12. The normalized spacial score (nSPS) is 15.0. The lowest BCUT2D eigenvalue weighted by Crippen LogP contribution is -2.44. The highest BCUT2D eigenvalue weighted by Crippen LogP contribution is 2.37. The van der Waals surface area contributed by atoms with Crippen LogP contribution in [0.15, 0.2) is 53.1 Å². The number of benzene rings is 1. The van der Waals surface area contributed by atoms with E-state index in [1.807, 2.05) is 30.3 Å². The Labute approximate surface area is 147 Å². The van der Waals surface area contributed by atoms with Crippen LogP contribution in [0.3, 0.4) is 0 Å². The van der Waals surface area contributed by atoms with E-state index in [2.05, 4.69) is 16.0 Å². The van der Waals surface area contributed by atoms with Gasteiger partial charge >= 0.3 is 6.03 Å². The van der Waals surface area contributed by atoms with Crippen LogP contribution in [0, 0.1) is 5.92 Å². The summed E-state index contributed by atoms with van der Waals surface area (Å²) in [6, 6.07) is 13.1. The van der Waals surface area contributed by atoms with E-state index in [4.69, 9.17) is 4.42 Å². The van der Waals surface area contributed by atoms with Gasteiger partial charge in [0.25, 0.3) is 5.91 Å². The minimum absolute atomic E-state index is 0.0349. The molecule has 3 amide bonds. The molecule has 6 heteroatoms. The number of nitrogens with one attached hydrogen (secondary N) is 3. The van der Waals surface area contributed by atoms with Gasteiger partial charge in [-0.2, -0.15) is 0 Å². The van der Waals surface area contributed by atoms with Crippen molar-refractivity contribution in [2.45, 2.75) is 25.3 Å². The van der Waals surface area contributed by atoms with Gasteiger partial charge < -0.3 is 20.4 Å². The van der Waals surface area contributed by atoms with Gasteiger partial charge in [-0.1, -0.05) is 36.8 Å². The number of rotatable bonds is 7. The second-order valence-electron chi connectivity index (χ2n) is 6.21. The first-order chi connectivity index (χ1) is 12.2. The zero-order valence-corrected chi connectivity index (χ0v) is 14.0. The maximum absolute atomic E-state index is 12.2. The van der Waals surface area contributed by atoms with Gasteiger partial charge in [0, 0.05) is 13.1 Å². The van der Waals surface area contributed by atoms with Crippen molar-refractivity contribution in [1.29, 1.82) is 0 Å². The van der Waals surface area contributed by atoms with Crippen LogP contribution in [0.25, 0.3) is 0 Å². The fourth-order valence-corrected chi connectivity index (χ4v) is 2.95. The largest absolute Gasteiger partial charge is 0.459 e. The summed E-state index contributed by atoms with van der Waals surface area (Å²) >= 11 is 0. The van der Waals surface area contributed by atoms with Gasteiger partial charge in [-0.25, -0.2) is 4.79 Å². The molecule has 1 aliphatic rings. The van der Waals surface area contributed by atoms with Crippen molar-refractivity contribution in [1.82, 2.24) is 16.0 Å². The Hall–Kier alpha value is -2.76. The second kappa shape index (κ2) is 8.37.